The van der Waals surface area contributed by atoms with E-state index in [1.807, 2.05) is 0 Å². The second-order valence-electron chi connectivity index (χ2n) is 7.28. The molecule has 0 aromatic heterocycles. The Bertz CT molecular complexity index is 401. The van der Waals surface area contributed by atoms with Crippen LogP contribution in [0.5, 0.6) is 0 Å². The number of aliphatic hydroxyl groups excluding tert-OH is 1. The van der Waals surface area contributed by atoms with Gasteiger partial charge in [-0.25, -0.2) is 0 Å². The molecule has 2 rings (SSSR count). The largest absolute Gasteiger partial charge is 0.396 e. The van der Waals surface area contributed by atoms with Crippen molar-refractivity contribution in [2.45, 2.75) is 64.3 Å². The molecule has 2 unspecified atom stereocenters. The third-order valence-electron chi connectivity index (χ3n) is 4.85. The molecule has 1 saturated carbocycles. The summed E-state index contributed by atoms with van der Waals surface area (Å²) < 4.78 is 0. The number of aliphatic hydroxyl groups is 1. The smallest absolute Gasteiger partial charge is 0.0431 e. The first kappa shape index (κ1) is 16.5. The first-order valence-electron chi connectivity index (χ1n) is 8.51. The number of nitrogens with one attached hydrogen (secondary N) is 1. The highest BCUT2D eigenvalue weighted by Crippen LogP contribution is 2.33. The molecule has 0 bridgehead atoms. The van der Waals surface area contributed by atoms with Crippen LogP contribution in [0, 0.1) is 5.41 Å². The lowest BCUT2D eigenvalue weighted by Crippen LogP contribution is -2.42. The maximum atomic E-state index is 9.02. The predicted molar refractivity (Wildman–Crippen MR) is 89.5 cm³/mol. The Hall–Kier alpha value is -0.860. The van der Waals surface area contributed by atoms with Crippen LogP contribution in [0.2, 0.25) is 0 Å². The molecule has 2 atom stereocenters. The summed E-state index contributed by atoms with van der Waals surface area (Å²) in [6.45, 7) is 5.95. The lowest BCUT2D eigenvalue weighted by atomic mass is 9.79. The van der Waals surface area contributed by atoms with Gasteiger partial charge >= 0.3 is 0 Å². The van der Waals surface area contributed by atoms with Gasteiger partial charge in [-0.05, 0) is 42.6 Å². The molecule has 2 N–H and O–H groups in total. The second kappa shape index (κ2) is 7.95. The molecule has 1 aromatic rings. The monoisotopic (exact) mass is 289 g/mol. The maximum Gasteiger partial charge on any atom is 0.0431 e. The van der Waals surface area contributed by atoms with Crippen molar-refractivity contribution in [3.05, 3.63) is 35.9 Å². The van der Waals surface area contributed by atoms with Gasteiger partial charge < -0.3 is 10.4 Å². The van der Waals surface area contributed by atoms with E-state index in [1.165, 1.54) is 31.2 Å². The highest BCUT2D eigenvalue weighted by Gasteiger charge is 2.28. The van der Waals surface area contributed by atoms with Gasteiger partial charge in [0.15, 0.2) is 0 Å². The van der Waals surface area contributed by atoms with Gasteiger partial charge in [-0.1, -0.05) is 57.0 Å². The van der Waals surface area contributed by atoms with Gasteiger partial charge in [0.2, 0.25) is 0 Å². The van der Waals surface area contributed by atoms with Crippen LogP contribution < -0.4 is 5.32 Å². The van der Waals surface area contributed by atoms with Gasteiger partial charge in [0.25, 0.3) is 0 Å². The minimum absolute atomic E-state index is 0.265. The van der Waals surface area contributed by atoms with Crippen LogP contribution in [0.1, 0.15) is 63.9 Å². The fourth-order valence-electron chi connectivity index (χ4n) is 3.53. The fourth-order valence-corrected chi connectivity index (χ4v) is 3.53. The zero-order chi connectivity index (χ0) is 15.1. The lowest BCUT2D eigenvalue weighted by Gasteiger charge is -2.36. The van der Waals surface area contributed by atoms with Gasteiger partial charge in [-0.3, -0.25) is 0 Å². The number of hydrogen-bond donors (Lipinski definition) is 2. The van der Waals surface area contributed by atoms with Crippen molar-refractivity contribution in [3.8, 4) is 0 Å². The summed E-state index contributed by atoms with van der Waals surface area (Å²) in [6, 6.07) is 11.6. The van der Waals surface area contributed by atoms with E-state index in [4.69, 9.17) is 5.11 Å². The Balaban J connectivity index is 1.93. The quantitative estimate of drug-likeness (QED) is 0.792. The summed E-state index contributed by atoms with van der Waals surface area (Å²) in [5, 5.41) is 12.9. The van der Waals surface area contributed by atoms with Crippen molar-refractivity contribution in [2.24, 2.45) is 5.41 Å². The van der Waals surface area contributed by atoms with Gasteiger partial charge in [0.1, 0.15) is 0 Å². The third-order valence-corrected chi connectivity index (χ3v) is 4.85. The molecule has 0 amide bonds. The van der Waals surface area contributed by atoms with E-state index in [0.717, 1.165) is 19.4 Å². The second-order valence-corrected chi connectivity index (χ2v) is 7.28. The predicted octanol–water partition coefficient (Wildman–Crippen LogP) is 4.10. The Morgan fingerprint density at radius 2 is 1.86 bits per heavy atom. The minimum Gasteiger partial charge on any atom is -0.396 e. The maximum absolute atomic E-state index is 9.02. The van der Waals surface area contributed by atoms with Crippen molar-refractivity contribution in [3.63, 3.8) is 0 Å². The van der Waals surface area contributed by atoms with Crippen molar-refractivity contribution < 1.29 is 5.11 Å². The molecule has 0 heterocycles. The zero-order valence-electron chi connectivity index (χ0n) is 13.6. The number of benzene rings is 1. The average molecular weight is 289 g/mol. The summed E-state index contributed by atoms with van der Waals surface area (Å²) in [6.07, 6.45) is 7.28. The van der Waals surface area contributed by atoms with Crippen LogP contribution in [0.3, 0.4) is 0 Å². The molecule has 118 valence electrons. The Morgan fingerprint density at radius 1 is 1.14 bits per heavy atom. The SMILES string of the molecule is CC(C)(CCCO)CNC1CCCCC1c1ccccc1. The summed E-state index contributed by atoms with van der Waals surface area (Å²) in [7, 11) is 0. The van der Waals surface area contributed by atoms with Gasteiger partial charge in [0, 0.05) is 19.2 Å². The highest BCUT2D eigenvalue weighted by molar-refractivity contribution is 5.22. The van der Waals surface area contributed by atoms with E-state index in [1.54, 1.807) is 0 Å². The van der Waals surface area contributed by atoms with E-state index >= 15 is 0 Å². The van der Waals surface area contributed by atoms with Crippen molar-refractivity contribution in [1.29, 1.82) is 0 Å². The van der Waals surface area contributed by atoms with Crippen LogP contribution >= 0.6 is 0 Å². The third kappa shape index (κ3) is 5.12. The van der Waals surface area contributed by atoms with E-state index in [-0.39, 0.29) is 5.41 Å². The molecule has 0 aliphatic heterocycles. The van der Waals surface area contributed by atoms with Gasteiger partial charge in [0.05, 0.1) is 0 Å². The fraction of sp³-hybridized carbons (Fsp3) is 0.684. The Morgan fingerprint density at radius 3 is 2.57 bits per heavy atom. The summed E-state index contributed by atoms with van der Waals surface area (Å²) in [4.78, 5) is 0. The van der Waals surface area contributed by atoms with E-state index in [2.05, 4.69) is 49.5 Å². The lowest BCUT2D eigenvalue weighted by molar-refractivity contribution is 0.220. The van der Waals surface area contributed by atoms with Crippen LogP contribution in [0.4, 0.5) is 0 Å². The molecule has 21 heavy (non-hydrogen) atoms. The van der Waals surface area contributed by atoms with Crippen LogP contribution in [-0.2, 0) is 0 Å². The first-order chi connectivity index (χ1) is 10.1. The van der Waals surface area contributed by atoms with Crippen molar-refractivity contribution >= 4 is 0 Å². The Labute approximate surface area is 130 Å². The van der Waals surface area contributed by atoms with E-state index in [9.17, 15) is 0 Å². The van der Waals surface area contributed by atoms with Gasteiger partial charge in [-0.2, -0.15) is 0 Å². The first-order valence-corrected chi connectivity index (χ1v) is 8.51. The summed E-state index contributed by atoms with van der Waals surface area (Å²) in [5.74, 6) is 0.661. The molecule has 1 aliphatic carbocycles. The number of hydrogen-bond acceptors (Lipinski definition) is 2. The zero-order valence-corrected chi connectivity index (χ0v) is 13.6. The van der Waals surface area contributed by atoms with Gasteiger partial charge in [-0.15, -0.1) is 0 Å². The summed E-state index contributed by atoms with van der Waals surface area (Å²) >= 11 is 0. The molecule has 0 spiro atoms. The van der Waals surface area contributed by atoms with Crippen LogP contribution in [0.15, 0.2) is 30.3 Å². The minimum atomic E-state index is 0.265. The van der Waals surface area contributed by atoms with E-state index in [0.29, 0.717) is 18.6 Å². The molecule has 1 fully saturated rings. The van der Waals surface area contributed by atoms with E-state index < -0.39 is 0 Å². The standard InChI is InChI=1S/C19H31NO/c1-19(2,13-8-14-21)15-20-18-12-7-6-11-17(18)16-9-4-3-5-10-16/h3-5,9-10,17-18,20-21H,6-8,11-15H2,1-2H3. The topological polar surface area (TPSA) is 32.3 Å². The summed E-state index contributed by atoms with van der Waals surface area (Å²) in [5.41, 5.74) is 1.75. The highest BCUT2D eigenvalue weighted by atomic mass is 16.2. The molecule has 2 nitrogen and oxygen atoms in total. The molecule has 1 aromatic carbocycles. The molecular formula is C19H31NO. The molecule has 2 heteroatoms. The molecular weight excluding hydrogens is 258 g/mol. The van der Waals surface area contributed by atoms with Crippen LogP contribution in [-0.4, -0.2) is 24.3 Å². The number of rotatable bonds is 7. The molecule has 0 radical (unpaired) electrons. The molecule has 0 saturated heterocycles. The van der Waals surface area contributed by atoms with Crippen molar-refractivity contribution in [2.75, 3.05) is 13.2 Å². The van der Waals surface area contributed by atoms with Crippen LogP contribution in [0.25, 0.3) is 0 Å². The molecule has 1 aliphatic rings. The van der Waals surface area contributed by atoms with Crippen molar-refractivity contribution in [1.82, 2.24) is 5.32 Å². The normalized spacial score (nSPS) is 23.2. The average Bonchev–Trinajstić information content (AvgIpc) is 2.52. The Kier molecular flexibility index (Phi) is 6.25.